The van der Waals surface area contributed by atoms with Gasteiger partial charge in [0.1, 0.15) is 0 Å². The molecule has 1 aromatic carbocycles. The van der Waals surface area contributed by atoms with Crippen molar-refractivity contribution in [1.82, 2.24) is 0 Å². The second-order valence-corrected chi connectivity index (χ2v) is 3.58. The molecule has 3 heteroatoms. The monoisotopic (exact) mass is 192 g/mol. The first kappa shape index (κ1) is 9.21. The lowest BCUT2D eigenvalue weighted by molar-refractivity contribution is -0.138. The van der Waals surface area contributed by atoms with Crippen molar-refractivity contribution in [2.45, 2.75) is 26.1 Å². The molecule has 1 heterocycles. The van der Waals surface area contributed by atoms with E-state index < -0.39 is 11.9 Å². The molecule has 1 atom stereocenters. The van der Waals surface area contributed by atoms with Gasteiger partial charge >= 0.3 is 5.97 Å². The standard InChI is InChI=1S/C11H12O3/c1-7(11(12)13)8-2-3-9-5-14-6-10(9)4-8/h2-4,7H,5-6H2,1H3,(H,12,13)/t7-/m0/s1. The summed E-state index contributed by atoms with van der Waals surface area (Å²) in [5.74, 6) is -1.23. The van der Waals surface area contributed by atoms with Gasteiger partial charge in [-0.2, -0.15) is 0 Å². The van der Waals surface area contributed by atoms with Gasteiger partial charge < -0.3 is 9.84 Å². The number of carboxylic acids is 1. The van der Waals surface area contributed by atoms with E-state index in [2.05, 4.69) is 0 Å². The molecule has 3 nitrogen and oxygen atoms in total. The average molecular weight is 192 g/mol. The number of rotatable bonds is 2. The Balaban J connectivity index is 2.33. The number of carboxylic acid groups (broad SMARTS) is 1. The van der Waals surface area contributed by atoms with Crippen LogP contribution in [0.5, 0.6) is 0 Å². The van der Waals surface area contributed by atoms with Crippen molar-refractivity contribution in [2.24, 2.45) is 0 Å². The Kier molecular flexibility index (Phi) is 2.25. The molecule has 2 rings (SSSR count). The SMILES string of the molecule is C[C@H](C(=O)O)c1ccc2c(c1)COC2. The molecule has 1 N–H and O–H groups in total. The van der Waals surface area contributed by atoms with Gasteiger partial charge in [0.05, 0.1) is 19.1 Å². The molecular weight excluding hydrogens is 180 g/mol. The van der Waals surface area contributed by atoms with Crippen LogP contribution in [-0.4, -0.2) is 11.1 Å². The van der Waals surface area contributed by atoms with Crippen molar-refractivity contribution in [1.29, 1.82) is 0 Å². The molecule has 0 saturated carbocycles. The lowest BCUT2D eigenvalue weighted by atomic mass is 9.97. The maximum Gasteiger partial charge on any atom is 0.310 e. The Hall–Kier alpha value is -1.35. The summed E-state index contributed by atoms with van der Waals surface area (Å²) in [5.41, 5.74) is 3.14. The van der Waals surface area contributed by atoms with E-state index in [9.17, 15) is 4.79 Å². The van der Waals surface area contributed by atoms with Gasteiger partial charge in [-0.1, -0.05) is 18.2 Å². The van der Waals surface area contributed by atoms with Gasteiger partial charge in [0, 0.05) is 0 Å². The quantitative estimate of drug-likeness (QED) is 0.778. The molecule has 0 spiro atoms. The molecule has 1 aliphatic rings. The Labute approximate surface area is 82.3 Å². The molecule has 0 radical (unpaired) electrons. The second-order valence-electron chi connectivity index (χ2n) is 3.58. The summed E-state index contributed by atoms with van der Waals surface area (Å²) in [6, 6.07) is 5.75. The fourth-order valence-corrected chi connectivity index (χ4v) is 1.60. The predicted octanol–water partition coefficient (Wildman–Crippen LogP) is 1.90. The molecule has 0 fully saturated rings. The largest absolute Gasteiger partial charge is 0.481 e. The number of hydrogen-bond acceptors (Lipinski definition) is 2. The molecule has 1 aliphatic heterocycles. The summed E-state index contributed by atoms with van der Waals surface area (Å²) >= 11 is 0. The van der Waals surface area contributed by atoms with Crippen LogP contribution in [0.1, 0.15) is 29.5 Å². The van der Waals surface area contributed by atoms with Gasteiger partial charge in [0.2, 0.25) is 0 Å². The lowest BCUT2D eigenvalue weighted by Crippen LogP contribution is -2.07. The molecule has 0 amide bonds. The third-order valence-corrected chi connectivity index (χ3v) is 2.62. The Morgan fingerprint density at radius 1 is 1.43 bits per heavy atom. The summed E-state index contributed by atoms with van der Waals surface area (Å²) < 4.78 is 5.26. The Morgan fingerprint density at radius 3 is 2.86 bits per heavy atom. The zero-order valence-corrected chi connectivity index (χ0v) is 7.99. The summed E-state index contributed by atoms with van der Waals surface area (Å²) in [6.45, 7) is 2.95. The van der Waals surface area contributed by atoms with Gasteiger partial charge in [-0.3, -0.25) is 4.79 Å². The van der Waals surface area contributed by atoms with Crippen molar-refractivity contribution in [2.75, 3.05) is 0 Å². The van der Waals surface area contributed by atoms with Crippen molar-refractivity contribution in [3.63, 3.8) is 0 Å². The number of hydrogen-bond donors (Lipinski definition) is 1. The van der Waals surface area contributed by atoms with Gasteiger partial charge in [-0.05, 0) is 23.6 Å². The van der Waals surface area contributed by atoms with Crippen LogP contribution in [0.2, 0.25) is 0 Å². The molecule has 1 aromatic rings. The summed E-state index contributed by atoms with van der Waals surface area (Å²) in [6.07, 6.45) is 0. The van der Waals surface area contributed by atoms with Gasteiger partial charge in [0.25, 0.3) is 0 Å². The number of fused-ring (bicyclic) bond motifs is 1. The summed E-state index contributed by atoms with van der Waals surface area (Å²) in [4.78, 5) is 10.8. The molecule has 74 valence electrons. The maximum atomic E-state index is 10.8. The van der Waals surface area contributed by atoms with Crippen molar-refractivity contribution in [3.8, 4) is 0 Å². The van der Waals surface area contributed by atoms with Crippen LogP contribution >= 0.6 is 0 Å². The van der Waals surface area contributed by atoms with Gasteiger partial charge in [0.15, 0.2) is 0 Å². The molecule has 0 aromatic heterocycles. The molecule has 0 bridgehead atoms. The maximum absolute atomic E-state index is 10.8. The van der Waals surface area contributed by atoms with E-state index in [0.717, 1.165) is 11.1 Å². The minimum absolute atomic E-state index is 0.444. The second kappa shape index (κ2) is 3.42. The van der Waals surface area contributed by atoms with Crippen LogP contribution in [0.4, 0.5) is 0 Å². The van der Waals surface area contributed by atoms with Crippen molar-refractivity contribution >= 4 is 5.97 Å². The fraction of sp³-hybridized carbons (Fsp3) is 0.364. The first-order valence-corrected chi connectivity index (χ1v) is 4.60. The third kappa shape index (κ3) is 1.51. The third-order valence-electron chi connectivity index (χ3n) is 2.62. The van der Waals surface area contributed by atoms with E-state index in [1.165, 1.54) is 5.56 Å². The highest BCUT2D eigenvalue weighted by Gasteiger charge is 2.17. The number of ether oxygens (including phenoxy) is 1. The minimum atomic E-state index is -0.788. The number of aliphatic carboxylic acids is 1. The first-order valence-electron chi connectivity index (χ1n) is 4.60. The van der Waals surface area contributed by atoms with Gasteiger partial charge in [-0.15, -0.1) is 0 Å². The minimum Gasteiger partial charge on any atom is -0.481 e. The Bertz CT molecular complexity index is 371. The Morgan fingerprint density at radius 2 is 2.14 bits per heavy atom. The molecule has 0 saturated heterocycles. The van der Waals surface area contributed by atoms with Gasteiger partial charge in [-0.25, -0.2) is 0 Å². The fourth-order valence-electron chi connectivity index (χ4n) is 1.60. The van der Waals surface area contributed by atoms with E-state index in [1.54, 1.807) is 6.92 Å². The number of benzene rings is 1. The normalized spacial score (nSPS) is 16.4. The van der Waals surface area contributed by atoms with Crippen LogP contribution in [0.25, 0.3) is 0 Å². The average Bonchev–Trinajstić information content (AvgIpc) is 2.62. The van der Waals surface area contributed by atoms with E-state index >= 15 is 0 Å². The zero-order chi connectivity index (χ0) is 10.1. The smallest absolute Gasteiger partial charge is 0.310 e. The highest BCUT2D eigenvalue weighted by molar-refractivity contribution is 5.75. The van der Waals surface area contributed by atoms with Crippen LogP contribution < -0.4 is 0 Å². The van der Waals surface area contributed by atoms with Crippen LogP contribution in [0, 0.1) is 0 Å². The lowest BCUT2D eigenvalue weighted by Gasteiger charge is -2.07. The zero-order valence-electron chi connectivity index (χ0n) is 7.99. The summed E-state index contributed by atoms with van der Waals surface area (Å²) in [5, 5.41) is 8.85. The number of carbonyl (C=O) groups is 1. The van der Waals surface area contributed by atoms with E-state index in [1.807, 2.05) is 18.2 Å². The molecule has 0 unspecified atom stereocenters. The van der Waals surface area contributed by atoms with Crippen LogP contribution in [0.15, 0.2) is 18.2 Å². The van der Waals surface area contributed by atoms with E-state index in [-0.39, 0.29) is 0 Å². The topological polar surface area (TPSA) is 46.5 Å². The van der Waals surface area contributed by atoms with Crippen LogP contribution in [0.3, 0.4) is 0 Å². The highest BCUT2D eigenvalue weighted by atomic mass is 16.5. The molecule has 0 aliphatic carbocycles. The molecular formula is C11H12O3. The van der Waals surface area contributed by atoms with E-state index in [4.69, 9.17) is 9.84 Å². The predicted molar refractivity (Wildman–Crippen MR) is 51.0 cm³/mol. The summed E-state index contributed by atoms with van der Waals surface area (Å²) in [7, 11) is 0. The van der Waals surface area contributed by atoms with Crippen molar-refractivity contribution < 1.29 is 14.6 Å². The molecule has 14 heavy (non-hydrogen) atoms. The first-order chi connectivity index (χ1) is 6.68. The van der Waals surface area contributed by atoms with Crippen LogP contribution in [-0.2, 0) is 22.7 Å². The van der Waals surface area contributed by atoms with Crippen molar-refractivity contribution in [3.05, 3.63) is 34.9 Å². The van der Waals surface area contributed by atoms with E-state index in [0.29, 0.717) is 13.2 Å². The highest BCUT2D eigenvalue weighted by Crippen LogP contribution is 2.24.